The molecule has 8 nitrogen and oxygen atoms in total. The van der Waals surface area contributed by atoms with Crippen LogP contribution in [0.4, 0.5) is 5.95 Å². The van der Waals surface area contributed by atoms with Crippen LogP contribution in [0.3, 0.4) is 0 Å². The van der Waals surface area contributed by atoms with Crippen molar-refractivity contribution in [1.82, 2.24) is 14.8 Å². The Morgan fingerprint density at radius 3 is 2.55 bits per heavy atom. The minimum atomic E-state index is 0.243. The van der Waals surface area contributed by atoms with E-state index >= 15 is 0 Å². The lowest BCUT2D eigenvalue weighted by Crippen LogP contribution is -2.12. The van der Waals surface area contributed by atoms with E-state index in [0.717, 1.165) is 12.8 Å². The molecule has 2 heterocycles. The third kappa shape index (κ3) is 4.56. The molecule has 0 atom stereocenters. The quantitative estimate of drug-likeness (QED) is 0.355. The topological polar surface area (TPSA) is 91.4 Å². The fourth-order valence-corrected chi connectivity index (χ4v) is 4.57. The Hall–Kier alpha value is -2.94. The molecular formula is C22H26N4O4S. The van der Waals surface area contributed by atoms with Crippen molar-refractivity contribution >= 4 is 23.7 Å². The first-order valence-corrected chi connectivity index (χ1v) is 11.3. The number of ketones is 1. The summed E-state index contributed by atoms with van der Waals surface area (Å²) in [6.07, 6.45) is 6.53. The first-order chi connectivity index (χ1) is 15.2. The average Bonchev–Trinajstić information content (AvgIpc) is 3.57. The number of nitrogens with zero attached hydrogens (tertiary/aromatic N) is 3. The van der Waals surface area contributed by atoms with Crippen LogP contribution >= 0.6 is 11.9 Å². The van der Waals surface area contributed by atoms with Gasteiger partial charge in [0.15, 0.2) is 5.76 Å². The number of benzene rings is 1. The summed E-state index contributed by atoms with van der Waals surface area (Å²) in [7, 11) is 3.21. The minimum Gasteiger partial charge on any atom is -0.494 e. The molecule has 0 amide bonds. The minimum absolute atomic E-state index is 0.243. The highest BCUT2D eigenvalue weighted by molar-refractivity contribution is 8.00. The summed E-state index contributed by atoms with van der Waals surface area (Å²) in [6, 6.07) is 9.17. The molecule has 1 aromatic carbocycles. The summed E-state index contributed by atoms with van der Waals surface area (Å²) in [4.78, 5) is 12.4. The maximum Gasteiger partial charge on any atom is 0.239 e. The van der Waals surface area contributed by atoms with Gasteiger partial charge in [-0.05, 0) is 49.1 Å². The van der Waals surface area contributed by atoms with Gasteiger partial charge in [-0.2, -0.15) is 0 Å². The van der Waals surface area contributed by atoms with Gasteiger partial charge in [0.25, 0.3) is 0 Å². The fourth-order valence-electron chi connectivity index (χ4n) is 3.90. The number of carbonyl (C=O) groups is 1. The van der Waals surface area contributed by atoms with Crippen LogP contribution in [-0.4, -0.2) is 40.5 Å². The molecule has 0 saturated heterocycles. The van der Waals surface area contributed by atoms with Crippen molar-refractivity contribution in [3.05, 3.63) is 36.6 Å². The molecule has 4 rings (SSSR count). The van der Waals surface area contributed by atoms with E-state index in [0.29, 0.717) is 52.7 Å². The molecule has 1 N–H and O–H groups in total. The molecule has 0 bridgehead atoms. The van der Waals surface area contributed by atoms with E-state index in [4.69, 9.17) is 13.9 Å². The number of anilines is 1. The van der Waals surface area contributed by atoms with Crippen molar-refractivity contribution in [2.24, 2.45) is 5.92 Å². The van der Waals surface area contributed by atoms with Gasteiger partial charge in [-0.25, -0.2) is 0 Å². The lowest BCUT2D eigenvalue weighted by molar-refractivity contribution is -0.122. The van der Waals surface area contributed by atoms with E-state index in [9.17, 15) is 4.79 Å². The van der Waals surface area contributed by atoms with Crippen molar-refractivity contribution in [1.29, 1.82) is 0 Å². The Morgan fingerprint density at radius 1 is 1.16 bits per heavy atom. The predicted molar refractivity (Wildman–Crippen MR) is 120 cm³/mol. The number of rotatable bonds is 10. The van der Waals surface area contributed by atoms with Gasteiger partial charge in [0.05, 0.1) is 20.5 Å². The summed E-state index contributed by atoms with van der Waals surface area (Å²) < 4.78 is 21.8. The van der Waals surface area contributed by atoms with Crippen LogP contribution in [0.15, 0.2) is 41.0 Å². The van der Waals surface area contributed by atoms with Crippen LogP contribution in [0.25, 0.3) is 17.3 Å². The number of ether oxygens (including phenoxy) is 2. The van der Waals surface area contributed by atoms with E-state index in [1.807, 2.05) is 28.8 Å². The molecular weight excluding hydrogens is 416 g/mol. The predicted octanol–water partition coefficient (Wildman–Crippen LogP) is 4.75. The van der Waals surface area contributed by atoms with Crippen molar-refractivity contribution in [2.45, 2.75) is 32.1 Å². The normalized spacial score (nSPS) is 14.0. The van der Waals surface area contributed by atoms with E-state index in [1.54, 1.807) is 26.5 Å². The Morgan fingerprint density at radius 2 is 1.90 bits per heavy atom. The zero-order chi connectivity index (χ0) is 21.6. The second-order valence-electron chi connectivity index (χ2n) is 7.32. The zero-order valence-electron chi connectivity index (χ0n) is 17.7. The molecule has 3 aromatic rings. The molecule has 1 fully saturated rings. The Bertz CT molecular complexity index is 990. The molecule has 164 valence electrons. The summed E-state index contributed by atoms with van der Waals surface area (Å²) in [5, 5.41) is 8.65. The first-order valence-electron chi connectivity index (χ1n) is 10.3. The maximum atomic E-state index is 12.4. The number of Topliss-reactive ketones (excluding diaryl/α,β-unsaturated/α-hetero) is 1. The number of hydrogen-bond acceptors (Lipinski definition) is 8. The Kier molecular flexibility index (Phi) is 6.81. The van der Waals surface area contributed by atoms with Gasteiger partial charge in [0, 0.05) is 18.1 Å². The van der Waals surface area contributed by atoms with Crippen LogP contribution in [-0.2, 0) is 4.79 Å². The van der Waals surface area contributed by atoms with Crippen LogP contribution in [0.5, 0.6) is 11.5 Å². The van der Waals surface area contributed by atoms with Crippen molar-refractivity contribution in [3.8, 4) is 28.8 Å². The van der Waals surface area contributed by atoms with E-state index in [2.05, 4.69) is 14.9 Å². The van der Waals surface area contributed by atoms with Gasteiger partial charge in [0.2, 0.25) is 11.8 Å². The molecule has 0 aliphatic heterocycles. The summed E-state index contributed by atoms with van der Waals surface area (Å²) in [6.45, 7) is 0. The third-order valence-corrected chi connectivity index (χ3v) is 6.19. The number of para-hydroxylation sites is 1. The second kappa shape index (κ2) is 9.91. The van der Waals surface area contributed by atoms with Crippen LogP contribution in [0.2, 0.25) is 0 Å². The maximum absolute atomic E-state index is 12.4. The SMILES string of the molecule is COc1cccc(OC)c1-n1c(NSCCC(=O)C2CCCC2)nnc1-c1ccco1. The Labute approximate surface area is 185 Å². The number of carbonyl (C=O) groups excluding carboxylic acids is 1. The Balaban J connectivity index is 1.59. The molecule has 31 heavy (non-hydrogen) atoms. The standard InChI is InChI=1S/C22H26N4O4S/c1-28-17-9-5-10-18(29-2)20(17)26-21(19-11-6-13-30-19)23-24-22(26)25-31-14-12-16(27)15-7-3-4-8-15/h5-6,9-11,13,15H,3-4,7-8,12,14H2,1-2H3,(H,24,25). The number of hydrogen-bond donors (Lipinski definition) is 1. The molecule has 1 aliphatic rings. The molecule has 0 unspecified atom stereocenters. The monoisotopic (exact) mass is 442 g/mol. The smallest absolute Gasteiger partial charge is 0.239 e. The van der Waals surface area contributed by atoms with Gasteiger partial charge >= 0.3 is 0 Å². The molecule has 0 spiro atoms. The van der Waals surface area contributed by atoms with Gasteiger partial charge in [-0.3, -0.25) is 14.1 Å². The van der Waals surface area contributed by atoms with Crippen molar-refractivity contribution < 1.29 is 18.7 Å². The zero-order valence-corrected chi connectivity index (χ0v) is 18.5. The van der Waals surface area contributed by atoms with Crippen LogP contribution in [0.1, 0.15) is 32.1 Å². The summed E-state index contributed by atoms with van der Waals surface area (Å²) >= 11 is 1.43. The van der Waals surface area contributed by atoms with Crippen molar-refractivity contribution in [3.63, 3.8) is 0 Å². The number of methoxy groups -OCH3 is 2. The molecule has 1 aliphatic carbocycles. The largest absolute Gasteiger partial charge is 0.494 e. The molecule has 1 saturated carbocycles. The van der Waals surface area contributed by atoms with Crippen molar-refractivity contribution in [2.75, 3.05) is 24.7 Å². The van der Waals surface area contributed by atoms with Crippen LogP contribution < -0.4 is 14.2 Å². The highest BCUT2D eigenvalue weighted by atomic mass is 32.2. The van der Waals surface area contributed by atoms with E-state index in [1.165, 1.54) is 24.8 Å². The second-order valence-corrected chi connectivity index (χ2v) is 8.22. The number of nitrogens with one attached hydrogen (secondary N) is 1. The van der Waals surface area contributed by atoms with Crippen LogP contribution in [0, 0.1) is 5.92 Å². The molecule has 9 heteroatoms. The van der Waals surface area contributed by atoms with Gasteiger partial charge in [-0.15, -0.1) is 10.2 Å². The summed E-state index contributed by atoms with van der Waals surface area (Å²) in [5.41, 5.74) is 0.661. The fraction of sp³-hybridized carbons (Fsp3) is 0.409. The lowest BCUT2D eigenvalue weighted by Gasteiger charge is -2.17. The highest BCUT2D eigenvalue weighted by Crippen LogP contribution is 2.38. The van der Waals surface area contributed by atoms with E-state index in [-0.39, 0.29) is 5.92 Å². The number of aromatic nitrogens is 3. The van der Waals surface area contributed by atoms with Gasteiger partial charge in [0.1, 0.15) is 23.0 Å². The number of furan rings is 1. The highest BCUT2D eigenvalue weighted by Gasteiger charge is 2.24. The van der Waals surface area contributed by atoms with Gasteiger partial charge < -0.3 is 13.9 Å². The summed E-state index contributed by atoms with van der Waals surface area (Å²) in [5.74, 6) is 4.04. The van der Waals surface area contributed by atoms with Gasteiger partial charge in [-0.1, -0.05) is 18.9 Å². The third-order valence-electron chi connectivity index (χ3n) is 5.45. The lowest BCUT2D eigenvalue weighted by atomic mass is 10.0. The average molecular weight is 443 g/mol. The first kappa shape index (κ1) is 21.3. The molecule has 0 radical (unpaired) electrons. The van der Waals surface area contributed by atoms with E-state index < -0.39 is 0 Å². The molecule has 2 aromatic heterocycles.